The van der Waals surface area contributed by atoms with Crippen molar-refractivity contribution in [3.05, 3.63) is 65.9 Å². The van der Waals surface area contributed by atoms with E-state index in [9.17, 15) is 23.1 Å². The monoisotopic (exact) mass is 532 g/mol. The second-order valence-electron chi connectivity index (χ2n) is 9.38. The molecule has 0 aliphatic carbocycles. The number of benzene rings is 2. The topological polar surface area (TPSA) is 62.7 Å². The van der Waals surface area contributed by atoms with E-state index in [2.05, 4.69) is 9.88 Å². The number of aromatic nitrogens is 1. The number of methoxy groups -OCH3 is 1. The van der Waals surface area contributed by atoms with Gasteiger partial charge in [0.15, 0.2) is 0 Å². The maximum atomic E-state index is 13.2. The third-order valence-electron chi connectivity index (χ3n) is 7.07. The Kier molecular flexibility index (Phi) is 8.97. The summed E-state index contributed by atoms with van der Waals surface area (Å²) in [6.07, 6.45) is 0.694. The number of likely N-dealkylation sites (tertiary alicyclic amines) is 1. The number of alkyl halides is 3. The molecule has 2 atom stereocenters. The number of aryl methyl sites for hydroxylation is 1. The van der Waals surface area contributed by atoms with Crippen LogP contribution < -0.4 is 4.74 Å². The van der Waals surface area contributed by atoms with Gasteiger partial charge in [0.05, 0.1) is 24.1 Å². The molecule has 5 nitrogen and oxygen atoms in total. The smallest absolute Gasteiger partial charge is 0.417 e. The lowest BCUT2D eigenvalue weighted by Crippen LogP contribution is -2.44. The molecule has 2 aromatic carbocycles. The largest absolute Gasteiger partial charge is 0.497 e. The average molecular weight is 533 g/mol. The molecule has 1 aromatic heterocycles. The fourth-order valence-corrected chi connectivity index (χ4v) is 6.17. The average Bonchev–Trinajstić information content (AvgIpc) is 2.88. The zero-order chi connectivity index (χ0) is 26.4. The van der Waals surface area contributed by atoms with Crippen LogP contribution in [0, 0.1) is 11.8 Å². The molecule has 37 heavy (non-hydrogen) atoms. The van der Waals surface area contributed by atoms with E-state index in [4.69, 9.17) is 4.74 Å². The molecule has 0 saturated carbocycles. The fourth-order valence-electron chi connectivity index (χ4n) is 5.09. The lowest BCUT2D eigenvalue weighted by molar-refractivity contribution is -0.146. The summed E-state index contributed by atoms with van der Waals surface area (Å²) in [7, 11) is 1.63. The van der Waals surface area contributed by atoms with Crippen LogP contribution in [0.1, 0.15) is 30.4 Å². The molecule has 0 amide bonds. The van der Waals surface area contributed by atoms with Crippen molar-refractivity contribution >= 4 is 28.6 Å². The highest BCUT2D eigenvalue weighted by atomic mass is 32.2. The van der Waals surface area contributed by atoms with Gasteiger partial charge in [0.1, 0.15) is 5.75 Å². The highest BCUT2D eigenvalue weighted by Crippen LogP contribution is 2.37. The van der Waals surface area contributed by atoms with E-state index in [0.717, 1.165) is 54.9 Å². The number of thioether (sulfide) groups is 1. The number of ether oxygens (including phenoxy) is 1. The van der Waals surface area contributed by atoms with Crippen LogP contribution in [0.2, 0.25) is 0 Å². The Morgan fingerprint density at radius 1 is 1.22 bits per heavy atom. The van der Waals surface area contributed by atoms with Crippen molar-refractivity contribution in [2.24, 2.45) is 11.8 Å². The molecule has 0 unspecified atom stereocenters. The van der Waals surface area contributed by atoms with Crippen molar-refractivity contribution in [2.75, 3.05) is 32.5 Å². The number of carboxylic acids is 1. The minimum Gasteiger partial charge on any atom is -0.497 e. The SMILES string of the molecule is COc1ccc2nccc(CCC[C@@H]3CCN(CCSc4ccccc4C(F)(F)F)C[C@@H]3C(=O)O)c2c1. The van der Waals surface area contributed by atoms with Crippen molar-refractivity contribution in [1.82, 2.24) is 9.88 Å². The summed E-state index contributed by atoms with van der Waals surface area (Å²) < 4.78 is 45.1. The van der Waals surface area contributed by atoms with Crippen LogP contribution in [0.4, 0.5) is 13.2 Å². The first-order chi connectivity index (χ1) is 17.8. The lowest BCUT2D eigenvalue weighted by Gasteiger charge is -2.36. The number of nitrogens with zero attached hydrogens (tertiary/aromatic N) is 2. The Labute approximate surface area is 219 Å². The third-order valence-corrected chi connectivity index (χ3v) is 8.13. The van der Waals surface area contributed by atoms with Gasteiger partial charge in [-0.1, -0.05) is 12.1 Å². The van der Waals surface area contributed by atoms with Crippen LogP contribution in [-0.2, 0) is 17.4 Å². The minimum atomic E-state index is -4.38. The minimum absolute atomic E-state index is 0.0787. The number of hydrogen-bond donors (Lipinski definition) is 1. The number of hydrogen-bond acceptors (Lipinski definition) is 5. The summed E-state index contributed by atoms with van der Waals surface area (Å²) in [5.41, 5.74) is 1.46. The summed E-state index contributed by atoms with van der Waals surface area (Å²) >= 11 is 1.17. The molecule has 0 bridgehead atoms. The second kappa shape index (κ2) is 12.2. The highest BCUT2D eigenvalue weighted by Gasteiger charge is 2.35. The summed E-state index contributed by atoms with van der Waals surface area (Å²) in [6.45, 7) is 1.74. The Hall–Kier alpha value is -2.78. The molecule has 3 aromatic rings. The normalized spacial score (nSPS) is 18.7. The van der Waals surface area contributed by atoms with Gasteiger partial charge in [-0.05, 0) is 80.1 Å². The maximum absolute atomic E-state index is 13.2. The van der Waals surface area contributed by atoms with Crippen LogP contribution in [0.15, 0.2) is 59.6 Å². The van der Waals surface area contributed by atoms with Gasteiger partial charge in [-0.3, -0.25) is 9.78 Å². The van der Waals surface area contributed by atoms with Gasteiger partial charge in [0.2, 0.25) is 0 Å². The molecular weight excluding hydrogens is 501 g/mol. The third kappa shape index (κ3) is 6.96. The lowest BCUT2D eigenvalue weighted by atomic mass is 9.81. The molecule has 1 saturated heterocycles. The Balaban J connectivity index is 1.30. The number of aliphatic carboxylic acids is 1. The van der Waals surface area contributed by atoms with Gasteiger partial charge in [-0.25, -0.2) is 0 Å². The first-order valence-electron chi connectivity index (χ1n) is 12.4. The highest BCUT2D eigenvalue weighted by molar-refractivity contribution is 7.99. The quantitative estimate of drug-likeness (QED) is 0.305. The molecule has 198 valence electrons. The standard InChI is InChI=1S/C28H31F3N2O3S/c1-36-21-9-10-25-22(17-21)19(11-13-32-25)5-4-6-20-12-14-33(18-23(20)27(34)35)15-16-37-26-8-3-2-7-24(26)28(29,30)31/h2-3,7-11,13,17,20,23H,4-6,12,14-16,18H2,1H3,(H,34,35)/t20-,23+/m1/s1. The Bertz CT molecular complexity index is 1220. The summed E-state index contributed by atoms with van der Waals surface area (Å²) in [5.74, 6) is 0.0531. The molecule has 1 N–H and O–H groups in total. The van der Waals surface area contributed by atoms with Crippen molar-refractivity contribution in [3.63, 3.8) is 0 Å². The molecule has 0 spiro atoms. The van der Waals surface area contributed by atoms with Crippen LogP contribution in [0.3, 0.4) is 0 Å². The zero-order valence-electron chi connectivity index (χ0n) is 20.7. The molecule has 2 heterocycles. The van der Waals surface area contributed by atoms with E-state index in [1.807, 2.05) is 24.3 Å². The fraction of sp³-hybridized carbons (Fsp3) is 0.429. The molecule has 1 aliphatic heterocycles. The first-order valence-corrected chi connectivity index (χ1v) is 13.4. The number of rotatable bonds is 10. The summed E-state index contributed by atoms with van der Waals surface area (Å²) in [4.78, 5) is 18.8. The van der Waals surface area contributed by atoms with E-state index in [0.29, 0.717) is 18.8 Å². The van der Waals surface area contributed by atoms with Gasteiger partial charge in [-0.2, -0.15) is 13.2 Å². The number of carbonyl (C=O) groups is 1. The summed E-state index contributed by atoms with van der Waals surface area (Å²) in [6, 6.07) is 13.4. The van der Waals surface area contributed by atoms with Crippen LogP contribution in [0.25, 0.3) is 10.9 Å². The van der Waals surface area contributed by atoms with Crippen molar-refractivity contribution in [1.29, 1.82) is 0 Å². The first kappa shape index (κ1) is 27.3. The Morgan fingerprint density at radius 3 is 2.78 bits per heavy atom. The predicted molar refractivity (Wildman–Crippen MR) is 139 cm³/mol. The summed E-state index contributed by atoms with van der Waals surface area (Å²) in [5, 5.41) is 10.9. The molecule has 9 heteroatoms. The van der Waals surface area contributed by atoms with E-state index in [-0.39, 0.29) is 10.8 Å². The van der Waals surface area contributed by atoms with Crippen molar-refractivity contribution in [3.8, 4) is 5.75 Å². The molecular formula is C28H31F3N2O3S. The number of pyridine rings is 1. The molecule has 0 radical (unpaired) electrons. The van der Waals surface area contributed by atoms with Gasteiger partial charge in [0.25, 0.3) is 0 Å². The van der Waals surface area contributed by atoms with E-state index in [1.54, 1.807) is 19.4 Å². The molecule has 1 fully saturated rings. The number of halogens is 3. The number of piperidine rings is 1. The van der Waals surface area contributed by atoms with Crippen molar-refractivity contribution in [2.45, 2.75) is 36.8 Å². The van der Waals surface area contributed by atoms with Crippen LogP contribution in [-0.4, -0.2) is 53.5 Å². The van der Waals surface area contributed by atoms with Gasteiger partial charge < -0.3 is 14.7 Å². The number of carboxylic acid groups (broad SMARTS) is 1. The molecule has 4 rings (SSSR count). The maximum Gasteiger partial charge on any atom is 0.417 e. The van der Waals surface area contributed by atoms with Crippen LogP contribution >= 0.6 is 11.8 Å². The Morgan fingerprint density at radius 2 is 2.03 bits per heavy atom. The number of fused-ring (bicyclic) bond motifs is 1. The van der Waals surface area contributed by atoms with E-state index >= 15 is 0 Å². The van der Waals surface area contributed by atoms with Gasteiger partial charge in [0, 0.05) is 35.3 Å². The van der Waals surface area contributed by atoms with Crippen molar-refractivity contribution < 1.29 is 27.8 Å². The van der Waals surface area contributed by atoms with Crippen LogP contribution in [0.5, 0.6) is 5.75 Å². The zero-order valence-corrected chi connectivity index (χ0v) is 21.5. The van der Waals surface area contributed by atoms with Gasteiger partial charge in [-0.15, -0.1) is 11.8 Å². The molecule has 1 aliphatic rings. The van der Waals surface area contributed by atoms with E-state index < -0.39 is 23.6 Å². The van der Waals surface area contributed by atoms with Gasteiger partial charge >= 0.3 is 12.1 Å². The predicted octanol–water partition coefficient (Wildman–Crippen LogP) is 6.40. The second-order valence-corrected chi connectivity index (χ2v) is 10.5. The van der Waals surface area contributed by atoms with E-state index in [1.165, 1.54) is 29.5 Å².